The third-order valence-corrected chi connectivity index (χ3v) is 2.73. The van der Waals surface area contributed by atoms with Gasteiger partial charge in [-0.05, 0) is 0 Å². The Bertz CT molecular complexity index is 142. The zero-order valence-corrected chi connectivity index (χ0v) is 12.8. The number of rotatable bonds is 4. The van der Waals surface area contributed by atoms with Gasteiger partial charge in [0.25, 0.3) is 0 Å². The van der Waals surface area contributed by atoms with E-state index in [-0.39, 0.29) is 36.4 Å². The Labute approximate surface area is 124 Å². The Hall–Kier alpha value is 1.67. The number of hydrogen-bond acceptors (Lipinski definition) is 6. The summed E-state index contributed by atoms with van der Waals surface area (Å²) in [4.78, 5) is 10.9. The number of ether oxygens (including phenoxy) is 1. The fourth-order valence-electron chi connectivity index (χ4n) is 0.377. The minimum absolute atomic E-state index is 0. The average Bonchev–Trinajstić information content (AvgIpc) is 2.03. The number of nitrogens with one attached hydrogen (secondary N) is 1. The molecule has 0 saturated heterocycles. The number of amides is 1. The van der Waals surface area contributed by atoms with Gasteiger partial charge in [0.15, 0.2) is 5.44 Å². The largest absolute Gasteiger partial charge is 1.00 e. The molecule has 0 fully saturated rings. The summed E-state index contributed by atoms with van der Waals surface area (Å²) < 4.78 is 4.73. The molecule has 8 heteroatoms. The van der Waals surface area contributed by atoms with Crippen molar-refractivity contribution >= 4 is 56.6 Å². The van der Waals surface area contributed by atoms with E-state index in [4.69, 9.17) is 4.74 Å². The minimum Gasteiger partial charge on any atom is -1.00 e. The van der Waals surface area contributed by atoms with Gasteiger partial charge in [0, 0.05) is 11.5 Å². The number of carbonyl (C=O) groups is 1. The predicted octanol–water partition coefficient (Wildman–Crippen LogP) is -1.80. The molecule has 0 saturated carbocycles. The van der Waals surface area contributed by atoms with Gasteiger partial charge in [-0.1, -0.05) is 0 Å². The summed E-state index contributed by atoms with van der Waals surface area (Å²) in [6.07, 6.45) is -0.557. The van der Waals surface area contributed by atoms with E-state index >= 15 is 0 Å². The van der Waals surface area contributed by atoms with Crippen LogP contribution in [0.15, 0.2) is 0 Å². The fourth-order valence-corrected chi connectivity index (χ4v) is 0.743. The number of hydrogen-bond donors (Lipinski definition) is 5. The molecule has 3 nitrogen and oxygen atoms in total. The van der Waals surface area contributed by atoms with Crippen molar-refractivity contribution in [1.29, 1.82) is 0 Å². The first-order valence-corrected chi connectivity index (χ1v) is 5.45. The Morgan fingerprint density at radius 3 is 2.31 bits per heavy atom. The topological polar surface area (TPSA) is 38.3 Å². The van der Waals surface area contributed by atoms with Crippen molar-refractivity contribution in [3.8, 4) is 0 Å². The molecule has 0 aliphatic carbocycles. The fraction of sp³-hybridized carbons (Fsp3) is 0.800. The van der Waals surface area contributed by atoms with E-state index in [0.29, 0.717) is 11.5 Å². The SMILES string of the molecule is O=C(NC(S)CS)OC(S)CS.[H-].[Na+]. The van der Waals surface area contributed by atoms with Crippen LogP contribution in [0.4, 0.5) is 4.79 Å². The maximum Gasteiger partial charge on any atom is 1.00 e. The van der Waals surface area contributed by atoms with E-state index in [2.05, 4.69) is 55.8 Å². The van der Waals surface area contributed by atoms with Gasteiger partial charge in [-0.15, -0.1) is 12.6 Å². The van der Waals surface area contributed by atoms with Gasteiger partial charge in [0.05, 0.1) is 5.37 Å². The number of carbonyl (C=O) groups excluding carboxylic acids is 1. The molecule has 0 aromatic heterocycles. The quantitative estimate of drug-likeness (QED) is 0.237. The van der Waals surface area contributed by atoms with E-state index in [1.54, 1.807) is 0 Å². The average molecular weight is 269 g/mol. The Kier molecular flexibility index (Phi) is 13.4. The van der Waals surface area contributed by atoms with Crippen LogP contribution in [0, 0.1) is 0 Å². The number of thiol groups is 4. The van der Waals surface area contributed by atoms with Crippen molar-refractivity contribution in [3.05, 3.63) is 0 Å². The monoisotopic (exact) mass is 269 g/mol. The first-order valence-electron chi connectivity index (χ1n) is 3.15. The molecule has 1 amide bonds. The normalized spacial score (nSPS) is 13.8. The summed E-state index contributed by atoms with van der Waals surface area (Å²) in [5, 5.41) is 2.13. The van der Waals surface area contributed by atoms with Crippen LogP contribution in [-0.2, 0) is 4.74 Å². The van der Waals surface area contributed by atoms with Crippen LogP contribution >= 0.6 is 50.5 Å². The van der Waals surface area contributed by atoms with Gasteiger partial charge in [-0.3, -0.25) is 0 Å². The molecule has 0 aliphatic rings. The van der Waals surface area contributed by atoms with Crippen molar-refractivity contribution in [2.24, 2.45) is 0 Å². The summed E-state index contributed by atoms with van der Waals surface area (Å²) in [5.74, 6) is 0.810. The standard InChI is InChI=1S/C5H11NO2S4.Na.H/c7-5(6-3(11)1-9)8-4(12)2-10;;/h3-4,9-12H,1-2H2,(H,6,7);;/q;+1;-1. The summed E-state index contributed by atoms with van der Waals surface area (Å²) in [5.41, 5.74) is -0.492. The Morgan fingerprint density at radius 2 is 1.92 bits per heavy atom. The zero-order valence-electron chi connectivity index (χ0n) is 8.17. The summed E-state index contributed by atoms with van der Waals surface area (Å²) in [6, 6.07) is 0. The first-order chi connectivity index (χ1) is 5.60. The number of alkyl carbamates (subject to hydrolysis) is 1. The van der Waals surface area contributed by atoms with Crippen LogP contribution in [0.25, 0.3) is 0 Å². The van der Waals surface area contributed by atoms with E-state index in [1.165, 1.54) is 0 Å². The second-order valence-corrected chi connectivity index (χ2v) is 3.81. The zero-order chi connectivity index (χ0) is 9.56. The van der Waals surface area contributed by atoms with Crippen molar-refractivity contribution in [2.45, 2.75) is 10.8 Å². The summed E-state index contributed by atoms with van der Waals surface area (Å²) in [7, 11) is 0. The molecule has 13 heavy (non-hydrogen) atoms. The molecule has 1 N–H and O–H groups in total. The molecular formula is C5H12NNaO2S4. The van der Waals surface area contributed by atoms with Crippen molar-refractivity contribution in [2.75, 3.05) is 11.5 Å². The van der Waals surface area contributed by atoms with Crippen LogP contribution in [0.3, 0.4) is 0 Å². The molecule has 0 rings (SSSR count). The van der Waals surface area contributed by atoms with E-state index in [0.717, 1.165) is 0 Å². The van der Waals surface area contributed by atoms with Crippen LogP contribution in [0.1, 0.15) is 1.43 Å². The van der Waals surface area contributed by atoms with Crippen LogP contribution < -0.4 is 34.9 Å². The maximum atomic E-state index is 10.9. The second-order valence-electron chi connectivity index (χ2n) is 1.89. The molecule has 74 valence electrons. The van der Waals surface area contributed by atoms with Crippen molar-refractivity contribution in [3.63, 3.8) is 0 Å². The Morgan fingerprint density at radius 1 is 1.38 bits per heavy atom. The van der Waals surface area contributed by atoms with Crippen LogP contribution in [0.2, 0.25) is 0 Å². The van der Waals surface area contributed by atoms with Crippen LogP contribution in [0.5, 0.6) is 0 Å². The maximum absolute atomic E-state index is 10.9. The molecule has 0 radical (unpaired) electrons. The molecule has 0 aromatic carbocycles. The van der Waals surface area contributed by atoms with E-state index < -0.39 is 11.5 Å². The molecule has 2 atom stereocenters. The Balaban J connectivity index is -0.000000605. The van der Waals surface area contributed by atoms with Crippen molar-refractivity contribution in [1.82, 2.24) is 5.32 Å². The molecule has 0 aromatic rings. The van der Waals surface area contributed by atoms with E-state index in [1.807, 2.05) is 0 Å². The van der Waals surface area contributed by atoms with Gasteiger partial charge in [-0.25, -0.2) is 4.79 Å². The van der Waals surface area contributed by atoms with Crippen LogP contribution in [-0.4, -0.2) is 28.4 Å². The summed E-state index contributed by atoms with van der Waals surface area (Å²) >= 11 is 15.7. The molecule has 0 bridgehead atoms. The summed E-state index contributed by atoms with van der Waals surface area (Å²) in [6.45, 7) is 0. The van der Waals surface area contributed by atoms with Crippen molar-refractivity contribution < 1.29 is 40.5 Å². The molecule has 0 spiro atoms. The molecular weight excluding hydrogens is 257 g/mol. The van der Waals surface area contributed by atoms with E-state index in [9.17, 15) is 4.79 Å². The molecule has 0 heterocycles. The van der Waals surface area contributed by atoms with Gasteiger partial charge in [-0.2, -0.15) is 37.9 Å². The molecule has 0 aliphatic heterocycles. The molecule has 2 unspecified atom stereocenters. The third-order valence-electron chi connectivity index (χ3n) is 0.857. The van der Waals surface area contributed by atoms with Gasteiger partial charge in [0.2, 0.25) is 0 Å². The second kappa shape index (κ2) is 10.2. The van der Waals surface area contributed by atoms with Gasteiger partial charge in [0.1, 0.15) is 0 Å². The smallest absolute Gasteiger partial charge is 1.00 e. The van der Waals surface area contributed by atoms with Gasteiger partial charge < -0.3 is 11.5 Å². The van der Waals surface area contributed by atoms with Gasteiger partial charge >= 0.3 is 35.7 Å². The predicted molar refractivity (Wildman–Crippen MR) is 64.0 cm³/mol. The first kappa shape index (κ1) is 17.1. The minimum atomic E-state index is -0.557. The third kappa shape index (κ3) is 9.96.